The molecule has 1 aromatic carbocycles. The molecule has 154 valence electrons. The third-order valence-corrected chi connectivity index (χ3v) is 7.00. The maximum atomic E-state index is 13.1. The fraction of sp³-hybridized carbons (Fsp3) is 0.500. The highest BCUT2D eigenvalue weighted by Gasteiger charge is 2.46. The van der Waals surface area contributed by atoms with Crippen molar-refractivity contribution in [2.24, 2.45) is 5.92 Å². The summed E-state index contributed by atoms with van der Waals surface area (Å²) in [6, 6.07) is 9.55. The maximum Gasteiger partial charge on any atom is 0.323 e. The maximum absolute atomic E-state index is 13.1. The number of likely N-dealkylation sites (tertiary alicyclic amines) is 1. The number of esters is 1. The summed E-state index contributed by atoms with van der Waals surface area (Å²) in [5, 5.41) is 5.92. The van der Waals surface area contributed by atoms with Crippen LogP contribution in [0.1, 0.15) is 48.7 Å². The molecule has 0 radical (unpaired) electrons. The van der Waals surface area contributed by atoms with Crippen LogP contribution in [0.15, 0.2) is 41.9 Å². The summed E-state index contributed by atoms with van der Waals surface area (Å²) < 4.78 is 5.04. The lowest BCUT2D eigenvalue weighted by Crippen LogP contribution is -2.48. The van der Waals surface area contributed by atoms with Gasteiger partial charge in [-0.15, -0.1) is 11.3 Å². The van der Waals surface area contributed by atoms with Crippen LogP contribution < -0.4 is 5.32 Å². The minimum atomic E-state index is -0.325. The van der Waals surface area contributed by atoms with Crippen LogP contribution in [-0.4, -0.2) is 47.5 Å². The van der Waals surface area contributed by atoms with Gasteiger partial charge in [0.1, 0.15) is 17.1 Å². The number of fused-ring (bicyclic) bond motifs is 1. The topological polar surface area (TPSA) is 71.5 Å². The molecule has 2 aromatic rings. The lowest BCUT2D eigenvalue weighted by Gasteiger charge is -2.33. The zero-order valence-electron chi connectivity index (χ0n) is 16.6. The Labute approximate surface area is 175 Å². The van der Waals surface area contributed by atoms with Crippen molar-refractivity contribution < 1.29 is 14.3 Å². The summed E-state index contributed by atoms with van der Waals surface area (Å²) in [4.78, 5) is 32.0. The Bertz CT molecular complexity index is 827. The van der Waals surface area contributed by atoms with Crippen LogP contribution in [0.2, 0.25) is 0 Å². The van der Waals surface area contributed by atoms with Gasteiger partial charge < -0.3 is 10.1 Å². The van der Waals surface area contributed by atoms with Crippen LogP contribution in [0.4, 0.5) is 0 Å². The molecule has 6 nitrogen and oxygen atoms in total. The van der Waals surface area contributed by atoms with Crippen LogP contribution in [0, 0.1) is 5.92 Å². The van der Waals surface area contributed by atoms with E-state index < -0.39 is 0 Å². The van der Waals surface area contributed by atoms with E-state index in [9.17, 15) is 9.59 Å². The number of benzene rings is 1. The number of rotatable bonds is 6. The summed E-state index contributed by atoms with van der Waals surface area (Å²) >= 11 is 1.52. The zero-order chi connectivity index (χ0) is 20.2. The summed E-state index contributed by atoms with van der Waals surface area (Å²) in [6.45, 7) is 0.204. The Balaban J connectivity index is 1.51. The Hall–Kier alpha value is -2.25. The van der Waals surface area contributed by atoms with Crippen molar-refractivity contribution in [3.05, 3.63) is 52.5 Å². The lowest BCUT2D eigenvalue weighted by atomic mass is 9.85. The largest absolute Gasteiger partial charge is 0.468 e. The monoisotopic (exact) mass is 413 g/mol. The first-order chi connectivity index (χ1) is 14.2. The summed E-state index contributed by atoms with van der Waals surface area (Å²) in [6.07, 6.45) is 7.07. The highest BCUT2D eigenvalue weighted by molar-refractivity contribution is 7.09. The molecule has 2 aliphatic rings. The molecule has 4 atom stereocenters. The van der Waals surface area contributed by atoms with E-state index in [0.717, 1.165) is 36.3 Å². The lowest BCUT2D eigenvalue weighted by molar-refractivity contribution is -0.146. The molecule has 1 amide bonds. The molecule has 1 saturated heterocycles. The van der Waals surface area contributed by atoms with E-state index in [4.69, 9.17) is 4.74 Å². The Morgan fingerprint density at radius 3 is 2.79 bits per heavy atom. The molecule has 2 fully saturated rings. The van der Waals surface area contributed by atoms with Crippen molar-refractivity contribution in [3.8, 4) is 0 Å². The minimum absolute atomic E-state index is 0.0887. The molecule has 1 aliphatic carbocycles. The smallest absolute Gasteiger partial charge is 0.323 e. The second-order valence-electron chi connectivity index (χ2n) is 7.84. The van der Waals surface area contributed by atoms with Gasteiger partial charge in [0.25, 0.3) is 0 Å². The average molecular weight is 414 g/mol. The van der Waals surface area contributed by atoms with Crippen molar-refractivity contribution in [3.63, 3.8) is 0 Å². The van der Waals surface area contributed by atoms with Crippen molar-refractivity contribution in [2.45, 2.75) is 50.2 Å². The Kier molecular flexibility index (Phi) is 6.25. The van der Waals surface area contributed by atoms with E-state index >= 15 is 0 Å². The number of nitrogens with one attached hydrogen (secondary N) is 1. The first-order valence-electron chi connectivity index (χ1n) is 10.2. The van der Waals surface area contributed by atoms with E-state index in [1.54, 1.807) is 6.20 Å². The van der Waals surface area contributed by atoms with Gasteiger partial charge in [-0.05, 0) is 30.7 Å². The number of methoxy groups -OCH3 is 1. The standard InChI is InChI=1S/C22H27N3O3S/c1-28-22(27)18-13-16-9-5-6-10-17(16)25(18)14-19(26)24-20(21-23-11-12-29-21)15-7-3-2-4-8-15/h2-4,7-8,11-12,16-18,20H,5-6,9-10,13-14H2,1H3,(H,24,26). The van der Waals surface area contributed by atoms with E-state index in [2.05, 4.69) is 15.2 Å². The minimum Gasteiger partial charge on any atom is -0.468 e. The van der Waals surface area contributed by atoms with Crippen molar-refractivity contribution in [1.82, 2.24) is 15.2 Å². The zero-order valence-corrected chi connectivity index (χ0v) is 17.4. The van der Waals surface area contributed by atoms with Gasteiger partial charge in [-0.2, -0.15) is 0 Å². The predicted octanol–water partition coefficient (Wildman–Crippen LogP) is 3.15. The predicted molar refractivity (Wildman–Crippen MR) is 111 cm³/mol. The SMILES string of the molecule is COC(=O)C1CC2CCCCC2N1CC(=O)NC(c1ccccc1)c1nccs1. The molecule has 29 heavy (non-hydrogen) atoms. The van der Waals surface area contributed by atoms with Crippen molar-refractivity contribution in [1.29, 1.82) is 0 Å². The second-order valence-corrected chi connectivity index (χ2v) is 8.77. The molecule has 1 aromatic heterocycles. The molecule has 7 heteroatoms. The molecular weight excluding hydrogens is 386 g/mol. The molecule has 1 N–H and O–H groups in total. The highest BCUT2D eigenvalue weighted by atomic mass is 32.1. The van der Waals surface area contributed by atoms with Crippen molar-refractivity contribution in [2.75, 3.05) is 13.7 Å². The first-order valence-corrected chi connectivity index (χ1v) is 11.1. The number of aromatic nitrogens is 1. The van der Waals surface area contributed by atoms with Gasteiger partial charge in [0, 0.05) is 17.6 Å². The van der Waals surface area contributed by atoms with Gasteiger partial charge in [-0.25, -0.2) is 4.98 Å². The summed E-state index contributed by atoms with van der Waals surface area (Å²) in [7, 11) is 1.43. The number of nitrogens with zero attached hydrogens (tertiary/aromatic N) is 2. The molecular formula is C22H27N3O3S. The van der Waals surface area contributed by atoms with E-state index in [1.165, 1.54) is 24.9 Å². The van der Waals surface area contributed by atoms with Crippen LogP contribution in [-0.2, 0) is 14.3 Å². The van der Waals surface area contributed by atoms with Gasteiger partial charge in [0.05, 0.1) is 13.7 Å². The van der Waals surface area contributed by atoms with Crippen molar-refractivity contribution >= 4 is 23.2 Å². The highest BCUT2D eigenvalue weighted by Crippen LogP contribution is 2.40. The van der Waals surface area contributed by atoms with Crippen LogP contribution >= 0.6 is 11.3 Å². The van der Waals surface area contributed by atoms with Gasteiger partial charge in [-0.1, -0.05) is 43.2 Å². The second kappa shape index (κ2) is 9.05. The number of amides is 1. The molecule has 2 heterocycles. The number of carbonyl (C=O) groups is 2. The fourth-order valence-electron chi connectivity index (χ4n) is 4.83. The molecule has 0 bridgehead atoms. The third kappa shape index (κ3) is 4.36. The molecule has 4 rings (SSSR count). The summed E-state index contributed by atoms with van der Waals surface area (Å²) in [5.41, 5.74) is 0.997. The molecule has 0 spiro atoms. The van der Waals surface area contributed by atoms with Crippen LogP contribution in [0.25, 0.3) is 0 Å². The van der Waals surface area contributed by atoms with Gasteiger partial charge in [0.15, 0.2) is 0 Å². The molecule has 1 aliphatic heterocycles. The molecule has 1 saturated carbocycles. The average Bonchev–Trinajstić information content (AvgIpc) is 3.41. The van der Waals surface area contributed by atoms with E-state index in [1.807, 2.05) is 35.7 Å². The number of hydrogen-bond donors (Lipinski definition) is 1. The van der Waals surface area contributed by atoms with Crippen LogP contribution in [0.5, 0.6) is 0 Å². The normalized spacial score (nSPS) is 25.2. The Morgan fingerprint density at radius 1 is 1.28 bits per heavy atom. The number of hydrogen-bond acceptors (Lipinski definition) is 6. The summed E-state index contributed by atoms with van der Waals surface area (Å²) in [5.74, 6) is 0.158. The van der Waals surface area contributed by atoms with Gasteiger partial charge >= 0.3 is 5.97 Å². The van der Waals surface area contributed by atoms with Gasteiger partial charge in [0.2, 0.25) is 5.91 Å². The first kappa shape index (κ1) is 20.0. The Morgan fingerprint density at radius 2 is 2.07 bits per heavy atom. The number of ether oxygens (including phenoxy) is 1. The van der Waals surface area contributed by atoms with E-state index in [0.29, 0.717) is 5.92 Å². The number of carbonyl (C=O) groups excluding carboxylic acids is 2. The third-order valence-electron chi connectivity index (χ3n) is 6.16. The molecule has 4 unspecified atom stereocenters. The fourth-order valence-corrected chi connectivity index (χ4v) is 5.54. The van der Waals surface area contributed by atoms with Crippen LogP contribution in [0.3, 0.4) is 0 Å². The quantitative estimate of drug-likeness (QED) is 0.737. The number of thiazole rings is 1. The van der Waals surface area contributed by atoms with E-state index in [-0.39, 0.29) is 36.5 Å². The van der Waals surface area contributed by atoms with Gasteiger partial charge in [-0.3, -0.25) is 14.5 Å².